The normalized spacial score (nSPS) is 9.53. The molecular formula is C11H13NO3. The highest BCUT2D eigenvalue weighted by atomic mass is 16.6. The zero-order valence-electron chi connectivity index (χ0n) is 8.98. The van der Waals surface area contributed by atoms with Crippen LogP contribution in [0.3, 0.4) is 0 Å². The van der Waals surface area contributed by atoms with Gasteiger partial charge in [0.05, 0.1) is 0 Å². The molecule has 0 N–H and O–H groups in total. The lowest BCUT2D eigenvalue weighted by Gasteiger charge is -2.11. The van der Waals surface area contributed by atoms with Crippen LogP contribution in [0.1, 0.15) is 15.9 Å². The number of ether oxygens (including phenoxy) is 1. The number of rotatable bonds is 2. The van der Waals surface area contributed by atoms with Crippen molar-refractivity contribution >= 4 is 12.4 Å². The lowest BCUT2D eigenvalue weighted by atomic mass is 10.1. The molecule has 0 unspecified atom stereocenters. The number of benzene rings is 1. The van der Waals surface area contributed by atoms with E-state index in [1.807, 2.05) is 6.92 Å². The fraction of sp³-hybridized carbons (Fsp3) is 0.273. The molecule has 80 valence electrons. The number of nitrogens with zero attached hydrogens (tertiary/aromatic N) is 1. The van der Waals surface area contributed by atoms with Crippen molar-refractivity contribution in [2.45, 2.75) is 6.92 Å². The van der Waals surface area contributed by atoms with Gasteiger partial charge in [0.1, 0.15) is 12.0 Å². The van der Waals surface area contributed by atoms with Crippen LogP contribution < -0.4 is 4.74 Å². The van der Waals surface area contributed by atoms with E-state index in [2.05, 4.69) is 0 Å². The summed E-state index contributed by atoms with van der Waals surface area (Å²) in [5.41, 5.74) is 1.37. The summed E-state index contributed by atoms with van der Waals surface area (Å²) in [4.78, 5) is 23.1. The van der Waals surface area contributed by atoms with Crippen LogP contribution in [0.2, 0.25) is 0 Å². The Bertz CT molecular complexity index is 385. The minimum atomic E-state index is -0.461. The highest BCUT2D eigenvalue weighted by Gasteiger charge is 2.07. The number of carbonyl (C=O) groups is 2. The van der Waals surface area contributed by atoms with Crippen molar-refractivity contribution in [1.29, 1.82) is 0 Å². The molecule has 0 fully saturated rings. The van der Waals surface area contributed by atoms with Gasteiger partial charge >= 0.3 is 6.09 Å². The van der Waals surface area contributed by atoms with Crippen LogP contribution in [-0.2, 0) is 0 Å². The van der Waals surface area contributed by atoms with Gasteiger partial charge in [-0.3, -0.25) is 4.79 Å². The van der Waals surface area contributed by atoms with Gasteiger partial charge in [-0.05, 0) is 30.7 Å². The molecule has 0 aliphatic carbocycles. The number of hydrogen-bond donors (Lipinski definition) is 0. The number of amides is 1. The second-order valence-corrected chi connectivity index (χ2v) is 3.46. The number of hydrogen-bond acceptors (Lipinski definition) is 3. The van der Waals surface area contributed by atoms with Crippen molar-refractivity contribution in [2.24, 2.45) is 0 Å². The van der Waals surface area contributed by atoms with Crippen LogP contribution in [0.15, 0.2) is 18.2 Å². The number of aryl methyl sites for hydroxylation is 1. The molecule has 0 aliphatic rings. The van der Waals surface area contributed by atoms with Gasteiger partial charge < -0.3 is 9.64 Å². The molecule has 1 aromatic carbocycles. The zero-order chi connectivity index (χ0) is 11.4. The zero-order valence-corrected chi connectivity index (χ0v) is 8.98. The van der Waals surface area contributed by atoms with Gasteiger partial charge in [0.2, 0.25) is 0 Å². The average Bonchev–Trinajstić information content (AvgIpc) is 2.16. The summed E-state index contributed by atoms with van der Waals surface area (Å²) >= 11 is 0. The Labute approximate surface area is 88.5 Å². The molecule has 0 spiro atoms. The minimum absolute atomic E-state index is 0.385. The van der Waals surface area contributed by atoms with E-state index >= 15 is 0 Å². The minimum Gasteiger partial charge on any atom is -0.410 e. The monoisotopic (exact) mass is 207 g/mol. The molecule has 0 atom stereocenters. The van der Waals surface area contributed by atoms with Crippen LogP contribution in [0, 0.1) is 6.92 Å². The third kappa shape index (κ3) is 3.09. The molecule has 15 heavy (non-hydrogen) atoms. The largest absolute Gasteiger partial charge is 0.414 e. The van der Waals surface area contributed by atoms with Crippen molar-refractivity contribution in [3.05, 3.63) is 29.3 Å². The van der Waals surface area contributed by atoms with Crippen molar-refractivity contribution < 1.29 is 14.3 Å². The van der Waals surface area contributed by atoms with Crippen molar-refractivity contribution in [1.82, 2.24) is 4.90 Å². The van der Waals surface area contributed by atoms with Gasteiger partial charge in [-0.25, -0.2) is 4.79 Å². The predicted octanol–water partition coefficient (Wildman–Crippen LogP) is 1.87. The number of carbonyl (C=O) groups excluding carboxylic acids is 2. The first kappa shape index (κ1) is 11.2. The first-order valence-electron chi connectivity index (χ1n) is 4.49. The van der Waals surface area contributed by atoms with Gasteiger partial charge in [-0.15, -0.1) is 0 Å². The van der Waals surface area contributed by atoms with Gasteiger partial charge in [0.15, 0.2) is 0 Å². The Kier molecular flexibility index (Phi) is 3.44. The molecule has 0 saturated heterocycles. The van der Waals surface area contributed by atoms with Crippen molar-refractivity contribution in [3.63, 3.8) is 0 Å². The van der Waals surface area contributed by atoms with Crippen molar-refractivity contribution in [2.75, 3.05) is 14.1 Å². The van der Waals surface area contributed by atoms with Gasteiger partial charge in [-0.2, -0.15) is 0 Å². The Morgan fingerprint density at radius 1 is 1.33 bits per heavy atom. The van der Waals surface area contributed by atoms with Crippen LogP contribution in [0.4, 0.5) is 4.79 Å². The number of aldehydes is 1. The van der Waals surface area contributed by atoms with Gasteiger partial charge in [0.25, 0.3) is 0 Å². The predicted molar refractivity (Wildman–Crippen MR) is 56.3 cm³/mol. The van der Waals surface area contributed by atoms with Crippen LogP contribution in [0.5, 0.6) is 5.75 Å². The van der Waals surface area contributed by atoms with E-state index in [9.17, 15) is 9.59 Å². The third-order valence-electron chi connectivity index (χ3n) is 1.78. The van der Waals surface area contributed by atoms with Gasteiger partial charge in [-0.1, -0.05) is 0 Å². The van der Waals surface area contributed by atoms with Crippen molar-refractivity contribution in [3.8, 4) is 5.75 Å². The Morgan fingerprint density at radius 3 is 2.53 bits per heavy atom. The standard InChI is InChI=1S/C11H13NO3/c1-8-4-9(7-13)6-10(5-8)15-11(14)12(2)3/h4-7H,1-3H3. The molecule has 0 heterocycles. The molecular weight excluding hydrogens is 194 g/mol. The second kappa shape index (κ2) is 4.59. The molecule has 4 heteroatoms. The van der Waals surface area contributed by atoms with E-state index in [0.29, 0.717) is 11.3 Å². The maximum atomic E-state index is 11.2. The summed E-state index contributed by atoms with van der Waals surface area (Å²) < 4.78 is 5.03. The summed E-state index contributed by atoms with van der Waals surface area (Å²) in [6.07, 6.45) is 0.262. The lowest BCUT2D eigenvalue weighted by Crippen LogP contribution is -2.25. The summed E-state index contributed by atoms with van der Waals surface area (Å²) in [5.74, 6) is 0.385. The molecule has 1 rings (SSSR count). The smallest absolute Gasteiger partial charge is 0.410 e. The SMILES string of the molecule is Cc1cc(C=O)cc(OC(=O)N(C)C)c1. The van der Waals surface area contributed by atoms with Gasteiger partial charge in [0, 0.05) is 19.7 Å². The Morgan fingerprint density at radius 2 is 2.00 bits per heavy atom. The highest BCUT2D eigenvalue weighted by molar-refractivity contribution is 5.77. The second-order valence-electron chi connectivity index (χ2n) is 3.46. The Hall–Kier alpha value is -1.84. The third-order valence-corrected chi connectivity index (χ3v) is 1.78. The quantitative estimate of drug-likeness (QED) is 0.695. The molecule has 1 amide bonds. The molecule has 0 aliphatic heterocycles. The first-order chi connectivity index (χ1) is 7.02. The lowest BCUT2D eigenvalue weighted by molar-refractivity contribution is 0.112. The van der Waals surface area contributed by atoms with Crippen LogP contribution in [0.25, 0.3) is 0 Å². The summed E-state index contributed by atoms with van der Waals surface area (Å²) in [6, 6.07) is 4.95. The average molecular weight is 207 g/mol. The molecule has 4 nitrogen and oxygen atoms in total. The van der Waals surface area contributed by atoms with E-state index in [4.69, 9.17) is 4.74 Å². The maximum Gasteiger partial charge on any atom is 0.414 e. The van der Waals surface area contributed by atoms with E-state index in [-0.39, 0.29) is 0 Å². The highest BCUT2D eigenvalue weighted by Crippen LogP contribution is 2.16. The summed E-state index contributed by atoms with van der Waals surface area (Å²) in [5, 5.41) is 0. The topological polar surface area (TPSA) is 46.6 Å². The van der Waals surface area contributed by atoms with Crippen LogP contribution >= 0.6 is 0 Å². The molecule has 0 aromatic heterocycles. The van der Waals surface area contributed by atoms with E-state index in [1.165, 1.54) is 11.0 Å². The summed E-state index contributed by atoms with van der Waals surface area (Å²) in [7, 11) is 3.19. The van der Waals surface area contributed by atoms with E-state index in [1.54, 1.807) is 26.2 Å². The molecule has 0 bridgehead atoms. The Balaban J connectivity index is 2.90. The fourth-order valence-electron chi connectivity index (χ4n) is 1.10. The van der Waals surface area contributed by atoms with E-state index in [0.717, 1.165) is 11.8 Å². The van der Waals surface area contributed by atoms with Crippen LogP contribution in [-0.4, -0.2) is 31.4 Å². The maximum absolute atomic E-state index is 11.2. The molecule has 0 saturated carbocycles. The molecule has 0 radical (unpaired) electrons. The van der Waals surface area contributed by atoms with E-state index < -0.39 is 6.09 Å². The first-order valence-corrected chi connectivity index (χ1v) is 4.49. The fourth-order valence-corrected chi connectivity index (χ4v) is 1.10. The summed E-state index contributed by atoms with van der Waals surface area (Å²) in [6.45, 7) is 1.83. The molecule has 1 aromatic rings.